The van der Waals surface area contributed by atoms with Crippen molar-refractivity contribution in [3.8, 4) is 0 Å². The highest BCUT2D eigenvalue weighted by atomic mass is 15.0. The predicted molar refractivity (Wildman–Crippen MR) is 39.7 cm³/mol. The van der Waals surface area contributed by atoms with Crippen LogP contribution in [0.2, 0.25) is 0 Å². The minimum Gasteiger partial charge on any atom is -0.312 e. The molecule has 1 aliphatic carbocycles. The molecule has 10 heavy (non-hydrogen) atoms. The lowest BCUT2D eigenvalue weighted by Crippen LogP contribution is -2.29. The second-order valence-electron chi connectivity index (χ2n) is 3.53. The number of rotatable bonds is 0. The van der Waals surface area contributed by atoms with Gasteiger partial charge in [0, 0.05) is 38.0 Å². The van der Waals surface area contributed by atoms with Gasteiger partial charge in [0.2, 0.25) is 0 Å². The van der Waals surface area contributed by atoms with Crippen LogP contribution in [0.1, 0.15) is 0 Å². The van der Waals surface area contributed by atoms with E-state index in [0.717, 1.165) is 11.8 Å². The third-order valence-corrected chi connectivity index (χ3v) is 3.15. The van der Waals surface area contributed by atoms with Crippen LogP contribution >= 0.6 is 0 Å². The van der Waals surface area contributed by atoms with Crippen LogP contribution in [0.5, 0.6) is 0 Å². The fourth-order valence-corrected chi connectivity index (χ4v) is 2.61. The fraction of sp³-hybridized carbons (Fsp3) is 0.750. The van der Waals surface area contributed by atoms with Gasteiger partial charge in [0.1, 0.15) is 0 Å². The quantitative estimate of drug-likeness (QED) is 0.448. The summed E-state index contributed by atoms with van der Waals surface area (Å²) < 4.78 is 0. The molecule has 0 amide bonds. The molecule has 2 N–H and O–H groups in total. The maximum absolute atomic E-state index is 3.43. The fourth-order valence-electron chi connectivity index (χ4n) is 2.61. The molecule has 0 saturated carbocycles. The van der Waals surface area contributed by atoms with Crippen molar-refractivity contribution in [3.05, 3.63) is 11.1 Å². The Bertz CT molecular complexity index is 185. The Morgan fingerprint density at radius 2 is 1.40 bits per heavy atom. The highest BCUT2D eigenvalue weighted by Gasteiger charge is 2.44. The minimum atomic E-state index is 0.921. The van der Waals surface area contributed by atoms with Gasteiger partial charge >= 0.3 is 0 Å². The summed E-state index contributed by atoms with van der Waals surface area (Å²) in [6.45, 7) is 4.84. The first-order valence-electron chi connectivity index (χ1n) is 4.10. The zero-order valence-corrected chi connectivity index (χ0v) is 5.98. The second kappa shape index (κ2) is 1.63. The van der Waals surface area contributed by atoms with Crippen molar-refractivity contribution in [3.63, 3.8) is 0 Å². The molecule has 2 unspecified atom stereocenters. The molecule has 2 heterocycles. The summed E-state index contributed by atoms with van der Waals surface area (Å²) in [6.07, 6.45) is 0. The molecule has 2 saturated heterocycles. The zero-order chi connectivity index (χ0) is 6.55. The molecule has 2 heteroatoms. The lowest BCUT2D eigenvalue weighted by Gasteiger charge is -2.32. The molecule has 0 aromatic heterocycles. The van der Waals surface area contributed by atoms with E-state index in [1.807, 2.05) is 0 Å². The first-order chi connectivity index (χ1) is 4.97. The van der Waals surface area contributed by atoms with Crippen molar-refractivity contribution in [1.29, 1.82) is 0 Å². The molecule has 0 bridgehead atoms. The van der Waals surface area contributed by atoms with Gasteiger partial charge in [-0.15, -0.1) is 0 Å². The Morgan fingerprint density at radius 1 is 0.900 bits per heavy atom. The summed E-state index contributed by atoms with van der Waals surface area (Å²) in [7, 11) is 0. The van der Waals surface area contributed by atoms with Crippen LogP contribution in [0.4, 0.5) is 0 Å². The van der Waals surface area contributed by atoms with E-state index in [-0.39, 0.29) is 0 Å². The van der Waals surface area contributed by atoms with E-state index in [0.29, 0.717) is 0 Å². The largest absolute Gasteiger partial charge is 0.312 e. The van der Waals surface area contributed by atoms with Crippen LogP contribution in [0.15, 0.2) is 11.1 Å². The van der Waals surface area contributed by atoms with E-state index in [2.05, 4.69) is 10.6 Å². The average molecular weight is 136 g/mol. The molecule has 2 atom stereocenters. The predicted octanol–water partition coefficient (Wildman–Crippen LogP) is -0.265. The molecule has 2 aliphatic heterocycles. The molecule has 0 aromatic rings. The smallest absolute Gasteiger partial charge is 0.0171 e. The summed E-state index contributed by atoms with van der Waals surface area (Å²) >= 11 is 0. The molecule has 2 fully saturated rings. The Balaban J connectivity index is 2.02. The Labute approximate surface area is 60.7 Å². The van der Waals surface area contributed by atoms with Gasteiger partial charge in [-0.2, -0.15) is 0 Å². The summed E-state index contributed by atoms with van der Waals surface area (Å²) in [4.78, 5) is 0. The van der Waals surface area contributed by atoms with Crippen LogP contribution < -0.4 is 10.6 Å². The van der Waals surface area contributed by atoms with Gasteiger partial charge in [0.05, 0.1) is 0 Å². The maximum Gasteiger partial charge on any atom is 0.0171 e. The van der Waals surface area contributed by atoms with Crippen molar-refractivity contribution in [1.82, 2.24) is 10.6 Å². The van der Waals surface area contributed by atoms with Crippen molar-refractivity contribution in [2.24, 2.45) is 11.8 Å². The molecule has 3 rings (SSSR count). The molecular weight excluding hydrogens is 124 g/mol. The lowest BCUT2D eigenvalue weighted by molar-refractivity contribution is 0.433. The van der Waals surface area contributed by atoms with E-state index in [1.165, 1.54) is 26.2 Å². The summed E-state index contributed by atoms with van der Waals surface area (Å²) in [5.74, 6) is 1.84. The first-order valence-corrected chi connectivity index (χ1v) is 4.10. The Hall–Kier alpha value is -0.340. The van der Waals surface area contributed by atoms with Gasteiger partial charge in [0.15, 0.2) is 0 Å². The molecule has 3 aliphatic rings. The molecule has 54 valence electrons. The SMILES string of the molecule is C1NCC2C1=C1CNCC12. The van der Waals surface area contributed by atoms with Crippen molar-refractivity contribution in [2.75, 3.05) is 26.2 Å². The van der Waals surface area contributed by atoms with E-state index in [4.69, 9.17) is 0 Å². The van der Waals surface area contributed by atoms with Gasteiger partial charge in [-0.1, -0.05) is 11.1 Å². The van der Waals surface area contributed by atoms with Crippen LogP contribution in [-0.4, -0.2) is 26.2 Å². The van der Waals surface area contributed by atoms with Crippen LogP contribution in [0.25, 0.3) is 0 Å². The number of hydrogen-bond donors (Lipinski definition) is 2. The first kappa shape index (κ1) is 5.33. The highest BCUT2D eigenvalue weighted by Crippen LogP contribution is 2.44. The maximum atomic E-state index is 3.43. The molecular formula is C8H12N2. The molecule has 0 spiro atoms. The van der Waals surface area contributed by atoms with Crippen LogP contribution in [0.3, 0.4) is 0 Å². The van der Waals surface area contributed by atoms with Gasteiger partial charge < -0.3 is 10.6 Å². The third-order valence-electron chi connectivity index (χ3n) is 3.15. The second-order valence-corrected chi connectivity index (χ2v) is 3.53. The third kappa shape index (κ3) is 0.444. The molecule has 0 aromatic carbocycles. The van der Waals surface area contributed by atoms with Gasteiger partial charge in [-0.25, -0.2) is 0 Å². The van der Waals surface area contributed by atoms with E-state index in [9.17, 15) is 0 Å². The normalized spacial score (nSPS) is 43.2. The monoisotopic (exact) mass is 136 g/mol. The topological polar surface area (TPSA) is 24.1 Å². The zero-order valence-electron chi connectivity index (χ0n) is 5.98. The van der Waals surface area contributed by atoms with Crippen molar-refractivity contribution < 1.29 is 0 Å². The van der Waals surface area contributed by atoms with E-state index >= 15 is 0 Å². The van der Waals surface area contributed by atoms with E-state index in [1.54, 1.807) is 11.1 Å². The highest BCUT2D eigenvalue weighted by molar-refractivity contribution is 5.40. The molecule has 2 nitrogen and oxygen atoms in total. The number of hydrogen-bond acceptors (Lipinski definition) is 2. The number of nitrogens with one attached hydrogen (secondary N) is 2. The van der Waals surface area contributed by atoms with Crippen LogP contribution in [-0.2, 0) is 0 Å². The van der Waals surface area contributed by atoms with Crippen LogP contribution in [0, 0.1) is 11.8 Å². The van der Waals surface area contributed by atoms with E-state index < -0.39 is 0 Å². The minimum absolute atomic E-state index is 0.921. The standard InChI is InChI=1S/C8H12N2/c1-5-6(2-9-1)8-4-10-3-7(5)8/h5,7,9-10H,1-4H2. The lowest BCUT2D eigenvalue weighted by atomic mass is 9.71. The Morgan fingerprint density at radius 3 is 1.90 bits per heavy atom. The van der Waals surface area contributed by atoms with Gasteiger partial charge in [-0.3, -0.25) is 0 Å². The van der Waals surface area contributed by atoms with Gasteiger partial charge in [0.25, 0.3) is 0 Å². The van der Waals surface area contributed by atoms with Crippen molar-refractivity contribution >= 4 is 0 Å². The summed E-state index contributed by atoms with van der Waals surface area (Å²) in [5.41, 5.74) is 3.46. The average Bonchev–Trinajstić information content (AvgIpc) is 2.42. The van der Waals surface area contributed by atoms with Gasteiger partial charge in [-0.05, 0) is 0 Å². The number of fused-ring (bicyclic) bond motifs is 3. The van der Waals surface area contributed by atoms with Crippen molar-refractivity contribution in [2.45, 2.75) is 0 Å². The molecule has 0 radical (unpaired) electrons. The Kier molecular flexibility index (Phi) is 0.868. The summed E-state index contributed by atoms with van der Waals surface area (Å²) in [6, 6.07) is 0. The summed E-state index contributed by atoms with van der Waals surface area (Å²) in [5, 5.41) is 6.85.